The molecule has 156 valence electrons. The summed E-state index contributed by atoms with van der Waals surface area (Å²) in [7, 11) is 0. The van der Waals surface area contributed by atoms with E-state index in [9.17, 15) is 23.6 Å². The molecule has 1 aliphatic rings. The van der Waals surface area contributed by atoms with E-state index >= 15 is 0 Å². The standard InChI is InChI=1S/C22H21FN2O5/c1-12(2)18(25-20(27)14-8-4-5-9-15(14)21(25)28)22(29)30-13(3)19(26)24-17-11-7-6-10-16(17)23/h4-13,18H,1-3H3,(H,24,26)/t13-,18-/m0/s1. The van der Waals surface area contributed by atoms with Crippen molar-refractivity contribution in [1.82, 2.24) is 4.90 Å². The van der Waals surface area contributed by atoms with E-state index in [4.69, 9.17) is 4.74 Å². The largest absolute Gasteiger partial charge is 0.451 e. The van der Waals surface area contributed by atoms with E-state index < -0.39 is 47.6 Å². The molecule has 1 aliphatic heterocycles. The molecule has 0 aromatic heterocycles. The number of ether oxygens (including phenoxy) is 1. The summed E-state index contributed by atoms with van der Waals surface area (Å²) in [6.07, 6.45) is -1.27. The van der Waals surface area contributed by atoms with Gasteiger partial charge in [-0.2, -0.15) is 0 Å². The number of halogens is 1. The van der Waals surface area contributed by atoms with E-state index in [0.29, 0.717) is 0 Å². The maximum absolute atomic E-state index is 13.7. The summed E-state index contributed by atoms with van der Waals surface area (Å²) in [6.45, 7) is 4.66. The van der Waals surface area contributed by atoms with Crippen LogP contribution in [0, 0.1) is 11.7 Å². The number of benzene rings is 2. The van der Waals surface area contributed by atoms with Gasteiger partial charge >= 0.3 is 5.97 Å². The van der Waals surface area contributed by atoms with Crippen molar-refractivity contribution in [3.05, 3.63) is 65.5 Å². The lowest BCUT2D eigenvalue weighted by atomic mass is 10.0. The van der Waals surface area contributed by atoms with Crippen LogP contribution in [0.5, 0.6) is 0 Å². The van der Waals surface area contributed by atoms with Crippen LogP contribution in [0.25, 0.3) is 0 Å². The predicted octanol–water partition coefficient (Wildman–Crippen LogP) is 3.02. The van der Waals surface area contributed by atoms with E-state index in [-0.39, 0.29) is 16.8 Å². The second-order valence-corrected chi connectivity index (χ2v) is 7.26. The van der Waals surface area contributed by atoms with E-state index in [0.717, 1.165) is 4.90 Å². The molecule has 30 heavy (non-hydrogen) atoms. The number of hydrogen-bond acceptors (Lipinski definition) is 5. The monoisotopic (exact) mass is 412 g/mol. The Kier molecular flexibility index (Phi) is 5.96. The van der Waals surface area contributed by atoms with Crippen molar-refractivity contribution < 1.29 is 28.3 Å². The molecule has 3 rings (SSSR count). The Morgan fingerprint density at radius 3 is 2.00 bits per heavy atom. The van der Waals surface area contributed by atoms with Crippen molar-refractivity contribution in [1.29, 1.82) is 0 Å². The number of para-hydroxylation sites is 1. The minimum atomic E-state index is -1.27. The van der Waals surface area contributed by atoms with Crippen LogP contribution in [0.4, 0.5) is 10.1 Å². The summed E-state index contributed by atoms with van der Waals surface area (Å²) in [5, 5.41) is 2.35. The molecule has 1 heterocycles. The van der Waals surface area contributed by atoms with Crippen molar-refractivity contribution in [2.75, 3.05) is 5.32 Å². The van der Waals surface area contributed by atoms with E-state index in [1.807, 2.05) is 0 Å². The molecular weight excluding hydrogens is 391 g/mol. The zero-order chi connectivity index (χ0) is 22.0. The molecule has 0 unspecified atom stereocenters. The van der Waals surface area contributed by atoms with Crippen LogP contribution < -0.4 is 5.32 Å². The molecule has 2 aromatic carbocycles. The van der Waals surface area contributed by atoms with Crippen LogP contribution in [0.15, 0.2) is 48.5 Å². The van der Waals surface area contributed by atoms with Gasteiger partial charge in [-0.1, -0.05) is 38.1 Å². The molecule has 0 saturated carbocycles. The number of fused-ring (bicyclic) bond motifs is 1. The molecule has 2 aromatic rings. The first-order valence-electron chi connectivity index (χ1n) is 9.45. The molecule has 8 heteroatoms. The number of esters is 1. The fourth-order valence-electron chi connectivity index (χ4n) is 3.23. The van der Waals surface area contributed by atoms with Crippen molar-refractivity contribution in [3.8, 4) is 0 Å². The molecule has 0 aliphatic carbocycles. The summed E-state index contributed by atoms with van der Waals surface area (Å²) in [4.78, 5) is 51.5. The highest BCUT2D eigenvalue weighted by Crippen LogP contribution is 2.28. The average Bonchev–Trinajstić information content (AvgIpc) is 2.95. The Balaban J connectivity index is 1.75. The molecule has 2 atom stereocenters. The van der Waals surface area contributed by atoms with Crippen LogP contribution in [-0.4, -0.2) is 40.7 Å². The van der Waals surface area contributed by atoms with Crippen LogP contribution in [0.3, 0.4) is 0 Å². The summed E-state index contributed by atoms with van der Waals surface area (Å²) >= 11 is 0. The average molecular weight is 412 g/mol. The van der Waals surface area contributed by atoms with Gasteiger partial charge in [0.2, 0.25) is 0 Å². The Morgan fingerprint density at radius 1 is 0.933 bits per heavy atom. The van der Waals surface area contributed by atoms with E-state index in [1.165, 1.54) is 37.3 Å². The normalized spacial score (nSPS) is 15.0. The SMILES string of the molecule is CC(C)[C@@H](C(=O)O[C@@H](C)C(=O)Nc1ccccc1F)N1C(=O)c2ccccc2C1=O. The molecule has 0 spiro atoms. The van der Waals surface area contributed by atoms with Crippen LogP contribution >= 0.6 is 0 Å². The third kappa shape index (κ3) is 3.94. The van der Waals surface area contributed by atoms with Crippen molar-refractivity contribution >= 4 is 29.4 Å². The van der Waals surface area contributed by atoms with E-state index in [2.05, 4.69) is 5.32 Å². The number of nitrogens with one attached hydrogen (secondary N) is 1. The van der Waals surface area contributed by atoms with Gasteiger partial charge < -0.3 is 10.1 Å². The first kappa shape index (κ1) is 21.2. The van der Waals surface area contributed by atoms with Crippen molar-refractivity contribution in [2.24, 2.45) is 5.92 Å². The molecule has 1 N–H and O–H groups in total. The molecule has 0 radical (unpaired) electrons. The zero-order valence-corrected chi connectivity index (χ0v) is 16.7. The van der Waals surface area contributed by atoms with Gasteiger partial charge in [0.15, 0.2) is 6.10 Å². The number of imide groups is 1. The third-order valence-electron chi connectivity index (χ3n) is 4.77. The van der Waals surface area contributed by atoms with E-state index in [1.54, 1.807) is 32.0 Å². The summed E-state index contributed by atoms with van der Waals surface area (Å²) < 4.78 is 19.0. The molecular formula is C22H21FN2O5. The van der Waals surface area contributed by atoms with Crippen LogP contribution in [0.1, 0.15) is 41.5 Å². The maximum atomic E-state index is 13.7. The van der Waals surface area contributed by atoms with Gasteiger partial charge in [0.1, 0.15) is 11.9 Å². The number of carbonyl (C=O) groups is 4. The second-order valence-electron chi connectivity index (χ2n) is 7.26. The second kappa shape index (κ2) is 8.44. The predicted molar refractivity (Wildman–Crippen MR) is 106 cm³/mol. The molecule has 0 saturated heterocycles. The number of nitrogens with zero attached hydrogens (tertiary/aromatic N) is 1. The highest BCUT2D eigenvalue weighted by Gasteiger charge is 2.45. The summed E-state index contributed by atoms with van der Waals surface area (Å²) in [6, 6.07) is 10.7. The van der Waals surface area contributed by atoms with Gasteiger partial charge in [-0.3, -0.25) is 19.3 Å². The lowest BCUT2D eigenvalue weighted by molar-refractivity contribution is -0.158. The van der Waals surface area contributed by atoms with Gasteiger partial charge in [-0.05, 0) is 37.1 Å². The number of anilines is 1. The fraction of sp³-hybridized carbons (Fsp3) is 0.273. The van der Waals surface area contributed by atoms with Crippen LogP contribution in [-0.2, 0) is 14.3 Å². The van der Waals surface area contributed by atoms with Crippen molar-refractivity contribution in [3.63, 3.8) is 0 Å². The Labute approximate surface area is 172 Å². The number of amides is 3. The summed E-state index contributed by atoms with van der Waals surface area (Å²) in [5.74, 6) is -3.89. The Bertz CT molecular complexity index is 985. The highest BCUT2D eigenvalue weighted by molar-refractivity contribution is 6.22. The van der Waals surface area contributed by atoms with Gasteiger partial charge in [0.25, 0.3) is 17.7 Å². The quantitative estimate of drug-likeness (QED) is 0.582. The lowest BCUT2D eigenvalue weighted by Crippen LogP contribution is -2.50. The van der Waals surface area contributed by atoms with Crippen LogP contribution in [0.2, 0.25) is 0 Å². The zero-order valence-electron chi connectivity index (χ0n) is 16.7. The first-order valence-corrected chi connectivity index (χ1v) is 9.45. The number of hydrogen-bond donors (Lipinski definition) is 1. The topological polar surface area (TPSA) is 92.8 Å². The lowest BCUT2D eigenvalue weighted by Gasteiger charge is -2.28. The minimum absolute atomic E-state index is 0.0499. The Hall–Kier alpha value is -3.55. The van der Waals surface area contributed by atoms with Gasteiger partial charge in [0, 0.05) is 0 Å². The molecule has 3 amide bonds. The molecule has 7 nitrogen and oxygen atoms in total. The van der Waals surface area contributed by atoms with Crippen molar-refractivity contribution in [2.45, 2.75) is 32.9 Å². The van der Waals surface area contributed by atoms with Gasteiger partial charge in [-0.15, -0.1) is 0 Å². The third-order valence-corrected chi connectivity index (χ3v) is 4.77. The van der Waals surface area contributed by atoms with Gasteiger partial charge in [-0.25, -0.2) is 9.18 Å². The number of rotatable bonds is 6. The minimum Gasteiger partial charge on any atom is -0.451 e. The maximum Gasteiger partial charge on any atom is 0.330 e. The van der Waals surface area contributed by atoms with Gasteiger partial charge in [0.05, 0.1) is 16.8 Å². The smallest absolute Gasteiger partial charge is 0.330 e. The molecule has 0 bridgehead atoms. The number of carbonyl (C=O) groups excluding carboxylic acids is 4. The summed E-state index contributed by atoms with van der Waals surface area (Å²) in [5.41, 5.74) is 0.378. The highest BCUT2D eigenvalue weighted by atomic mass is 19.1. The Morgan fingerprint density at radius 2 is 1.47 bits per heavy atom. The molecule has 0 fully saturated rings. The fourth-order valence-corrected chi connectivity index (χ4v) is 3.23. The first-order chi connectivity index (χ1) is 14.2.